The number of piperidine rings is 1. The fourth-order valence-corrected chi connectivity index (χ4v) is 2.23. The Morgan fingerprint density at radius 3 is 3.00 bits per heavy atom. The van der Waals surface area contributed by atoms with Crippen molar-refractivity contribution in [1.82, 2.24) is 10.2 Å². The Morgan fingerprint density at radius 2 is 2.33 bits per heavy atom. The van der Waals surface area contributed by atoms with Crippen LogP contribution in [0.15, 0.2) is 0 Å². The highest BCUT2D eigenvalue weighted by Crippen LogP contribution is 2.18. The first-order valence-corrected chi connectivity index (χ1v) is 5.98. The van der Waals surface area contributed by atoms with Crippen LogP contribution in [0.3, 0.4) is 0 Å². The van der Waals surface area contributed by atoms with E-state index in [-0.39, 0.29) is 12.5 Å². The van der Waals surface area contributed by atoms with Crippen molar-refractivity contribution >= 4 is 5.91 Å². The highest BCUT2D eigenvalue weighted by molar-refractivity contribution is 5.77. The van der Waals surface area contributed by atoms with Gasteiger partial charge in [0.25, 0.3) is 0 Å². The van der Waals surface area contributed by atoms with Crippen molar-refractivity contribution in [2.45, 2.75) is 38.6 Å². The van der Waals surface area contributed by atoms with E-state index >= 15 is 0 Å². The maximum absolute atomic E-state index is 10.9. The molecule has 3 N–H and O–H groups in total. The lowest BCUT2D eigenvalue weighted by Gasteiger charge is -2.35. The Morgan fingerprint density at radius 1 is 1.53 bits per heavy atom. The molecule has 0 aromatic carbocycles. The number of hydrogen-bond acceptors (Lipinski definition) is 3. The van der Waals surface area contributed by atoms with E-state index in [9.17, 15) is 4.79 Å². The van der Waals surface area contributed by atoms with Crippen LogP contribution in [-0.4, -0.2) is 43.0 Å². The van der Waals surface area contributed by atoms with E-state index in [1.165, 1.54) is 32.2 Å². The van der Waals surface area contributed by atoms with Crippen LogP contribution in [-0.2, 0) is 4.79 Å². The van der Waals surface area contributed by atoms with Gasteiger partial charge in [-0.2, -0.15) is 0 Å². The monoisotopic (exact) mass is 213 g/mol. The number of rotatable bonds is 5. The molecule has 1 unspecified atom stereocenters. The van der Waals surface area contributed by atoms with Gasteiger partial charge >= 0.3 is 0 Å². The van der Waals surface area contributed by atoms with Crippen LogP contribution in [0.5, 0.6) is 0 Å². The molecular formula is C11H23N3O. The fourth-order valence-electron chi connectivity index (χ4n) is 2.23. The Kier molecular flexibility index (Phi) is 5.65. The van der Waals surface area contributed by atoms with Crippen molar-refractivity contribution in [3.05, 3.63) is 0 Å². The van der Waals surface area contributed by atoms with Crippen LogP contribution < -0.4 is 11.1 Å². The van der Waals surface area contributed by atoms with Gasteiger partial charge in [0, 0.05) is 19.1 Å². The standard InChI is InChI=1S/C11H23N3O/c1-2-10-5-3-4-7-14(10)8-6-13-11(15)9-12/h10H,2-9,12H2,1H3,(H,13,15). The molecule has 1 amide bonds. The molecule has 1 aliphatic rings. The minimum atomic E-state index is -0.0555. The summed E-state index contributed by atoms with van der Waals surface area (Å²) in [5, 5.41) is 2.82. The average Bonchev–Trinajstić information content (AvgIpc) is 2.29. The van der Waals surface area contributed by atoms with E-state index in [0.717, 1.165) is 13.1 Å². The Bertz CT molecular complexity index is 196. The summed E-state index contributed by atoms with van der Waals surface area (Å²) >= 11 is 0. The van der Waals surface area contributed by atoms with Gasteiger partial charge in [-0.25, -0.2) is 0 Å². The van der Waals surface area contributed by atoms with E-state index in [2.05, 4.69) is 17.1 Å². The first kappa shape index (κ1) is 12.5. The minimum absolute atomic E-state index is 0.0555. The lowest BCUT2D eigenvalue weighted by Crippen LogP contribution is -2.44. The van der Waals surface area contributed by atoms with Crippen molar-refractivity contribution in [3.8, 4) is 0 Å². The molecule has 0 spiro atoms. The van der Waals surface area contributed by atoms with Gasteiger partial charge in [-0.05, 0) is 25.8 Å². The molecule has 1 heterocycles. The number of nitrogens with two attached hydrogens (primary N) is 1. The van der Waals surface area contributed by atoms with Gasteiger partial charge < -0.3 is 11.1 Å². The van der Waals surface area contributed by atoms with Gasteiger partial charge in [0.05, 0.1) is 6.54 Å². The van der Waals surface area contributed by atoms with Gasteiger partial charge in [-0.1, -0.05) is 13.3 Å². The first-order valence-electron chi connectivity index (χ1n) is 5.98. The summed E-state index contributed by atoms with van der Waals surface area (Å²) in [5.41, 5.74) is 5.22. The summed E-state index contributed by atoms with van der Waals surface area (Å²) in [5.74, 6) is -0.0555. The van der Waals surface area contributed by atoms with Crippen LogP contribution in [0, 0.1) is 0 Å². The second kappa shape index (κ2) is 6.80. The maximum Gasteiger partial charge on any atom is 0.233 e. The lowest BCUT2D eigenvalue weighted by atomic mass is 10.0. The molecule has 1 atom stereocenters. The van der Waals surface area contributed by atoms with Crippen LogP contribution in [0.4, 0.5) is 0 Å². The highest BCUT2D eigenvalue weighted by atomic mass is 16.1. The number of nitrogens with one attached hydrogen (secondary N) is 1. The Labute approximate surface area is 92.2 Å². The van der Waals surface area contributed by atoms with Crippen LogP contribution in [0.25, 0.3) is 0 Å². The van der Waals surface area contributed by atoms with Crippen molar-refractivity contribution in [2.75, 3.05) is 26.2 Å². The number of nitrogens with zero attached hydrogens (tertiary/aromatic N) is 1. The van der Waals surface area contributed by atoms with E-state index in [0.29, 0.717) is 6.04 Å². The van der Waals surface area contributed by atoms with Gasteiger partial charge in [-0.3, -0.25) is 9.69 Å². The lowest BCUT2D eigenvalue weighted by molar-refractivity contribution is -0.119. The van der Waals surface area contributed by atoms with Crippen LogP contribution in [0.2, 0.25) is 0 Å². The molecule has 0 aromatic rings. The van der Waals surface area contributed by atoms with Crippen molar-refractivity contribution < 1.29 is 4.79 Å². The van der Waals surface area contributed by atoms with Crippen molar-refractivity contribution in [2.24, 2.45) is 5.73 Å². The molecule has 0 radical (unpaired) electrons. The molecule has 4 heteroatoms. The third-order valence-electron chi connectivity index (χ3n) is 3.13. The molecule has 0 saturated carbocycles. The topological polar surface area (TPSA) is 58.4 Å². The molecule has 1 saturated heterocycles. The van der Waals surface area contributed by atoms with E-state index < -0.39 is 0 Å². The molecule has 1 fully saturated rings. The summed E-state index contributed by atoms with van der Waals surface area (Å²) in [4.78, 5) is 13.4. The Hall–Kier alpha value is -0.610. The average molecular weight is 213 g/mol. The molecule has 1 aliphatic heterocycles. The zero-order valence-corrected chi connectivity index (χ0v) is 9.67. The van der Waals surface area contributed by atoms with E-state index in [1.807, 2.05) is 0 Å². The summed E-state index contributed by atoms with van der Waals surface area (Å²) in [7, 11) is 0. The number of carbonyl (C=O) groups excluding carboxylic acids is 1. The van der Waals surface area contributed by atoms with E-state index in [4.69, 9.17) is 5.73 Å². The van der Waals surface area contributed by atoms with Gasteiger partial charge in [0.2, 0.25) is 5.91 Å². The van der Waals surface area contributed by atoms with Crippen molar-refractivity contribution in [1.29, 1.82) is 0 Å². The molecular weight excluding hydrogens is 190 g/mol. The summed E-state index contributed by atoms with van der Waals surface area (Å²) in [6.07, 6.45) is 5.16. The number of amides is 1. The maximum atomic E-state index is 10.9. The molecule has 4 nitrogen and oxygen atoms in total. The molecule has 15 heavy (non-hydrogen) atoms. The first-order chi connectivity index (χ1) is 7.27. The van der Waals surface area contributed by atoms with Gasteiger partial charge in [0.15, 0.2) is 0 Å². The third kappa shape index (κ3) is 4.18. The second-order valence-electron chi connectivity index (χ2n) is 4.15. The molecule has 88 valence electrons. The summed E-state index contributed by atoms with van der Waals surface area (Å²) in [6, 6.07) is 0.716. The normalized spacial score (nSPS) is 22.7. The number of likely N-dealkylation sites (tertiary alicyclic amines) is 1. The van der Waals surface area contributed by atoms with Gasteiger partial charge in [0.1, 0.15) is 0 Å². The molecule has 1 rings (SSSR count). The van der Waals surface area contributed by atoms with Crippen molar-refractivity contribution in [3.63, 3.8) is 0 Å². The van der Waals surface area contributed by atoms with Gasteiger partial charge in [-0.15, -0.1) is 0 Å². The molecule has 0 bridgehead atoms. The van der Waals surface area contributed by atoms with Crippen LogP contribution >= 0.6 is 0 Å². The van der Waals surface area contributed by atoms with E-state index in [1.54, 1.807) is 0 Å². The summed E-state index contributed by atoms with van der Waals surface area (Å²) in [6.45, 7) is 5.20. The SMILES string of the molecule is CCC1CCCCN1CCNC(=O)CN. The number of carbonyl (C=O) groups is 1. The predicted octanol–water partition coefficient (Wildman–Crippen LogP) is 0.326. The van der Waals surface area contributed by atoms with Crippen LogP contribution in [0.1, 0.15) is 32.6 Å². The third-order valence-corrected chi connectivity index (χ3v) is 3.13. The molecule has 0 aromatic heterocycles. The Balaban J connectivity index is 2.20. The minimum Gasteiger partial charge on any atom is -0.354 e. The fraction of sp³-hybridized carbons (Fsp3) is 0.909. The highest BCUT2D eigenvalue weighted by Gasteiger charge is 2.19. The zero-order valence-electron chi connectivity index (χ0n) is 9.67. The zero-order chi connectivity index (χ0) is 11.1. The predicted molar refractivity (Wildman–Crippen MR) is 61.6 cm³/mol. The largest absolute Gasteiger partial charge is 0.354 e. The number of hydrogen-bond donors (Lipinski definition) is 2. The molecule has 0 aliphatic carbocycles. The second-order valence-corrected chi connectivity index (χ2v) is 4.15. The smallest absolute Gasteiger partial charge is 0.233 e. The summed E-state index contributed by atoms with van der Waals surface area (Å²) < 4.78 is 0. The quantitative estimate of drug-likeness (QED) is 0.692.